The molecule has 1 aliphatic rings. The van der Waals surface area contributed by atoms with Crippen LogP contribution < -0.4 is 19.5 Å². The lowest BCUT2D eigenvalue weighted by Gasteiger charge is -2.31. The summed E-state index contributed by atoms with van der Waals surface area (Å²) in [6, 6.07) is 4.07. The van der Waals surface area contributed by atoms with E-state index in [1.165, 1.54) is 5.56 Å². The van der Waals surface area contributed by atoms with Crippen molar-refractivity contribution in [2.24, 2.45) is 5.92 Å². The Morgan fingerprint density at radius 1 is 1.05 bits per heavy atom. The third-order valence-corrected chi connectivity index (χ3v) is 3.92. The quantitative estimate of drug-likeness (QED) is 0.907. The molecule has 2 atom stereocenters. The Labute approximate surface area is 115 Å². The molecule has 1 heterocycles. The number of piperidine rings is 1. The smallest absolute Gasteiger partial charge is 0.203 e. The first-order valence-corrected chi connectivity index (χ1v) is 6.72. The lowest BCUT2D eigenvalue weighted by Crippen LogP contribution is -2.33. The maximum Gasteiger partial charge on any atom is 0.203 e. The molecule has 0 aliphatic carbocycles. The summed E-state index contributed by atoms with van der Waals surface area (Å²) in [5.41, 5.74) is 1.22. The predicted octanol–water partition coefficient (Wildman–Crippen LogP) is 2.43. The normalized spacial score (nSPS) is 22.9. The minimum atomic E-state index is 0.496. The van der Waals surface area contributed by atoms with E-state index in [9.17, 15) is 0 Å². The molecule has 1 aliphatic heterocycles. The van der Waals surface area contributed by atoms with Gasteiger partial charge in [-0.05, 0) is 37.4 Å². The molecule has 2 unspecified atom stereocenters. The molecule has 1 aromatic carbocycles. The van der Waals surface area contributed by atoms with Crippen molar-refractivity contribution in [3.05, 3.63) is 17.7 Å². The molecule has 1 saturated heterocycles. The van der Waals surface area contributed by atoms with Crippen LogP contribution in [0.4, 0.5) is 0 Å². The van der Waals surface area contributed by atoms with E-state index in [-0.39, 0.29) is 0 Å². The third-order valence-electron chi connectivity index (χ3n) is 3.92. The van der Waals surface area contributed by atoms with Crippen LogP contribution in [0.5, 0.6) is 17.2 Å². The summed E-state index contributed by atoms with van der Waals surface area (Å²) in [4.78, 5) is 0. The average Bonchev–Trinajstić information content (AvgIpc) is 2.46. The van der Waals surface area contributed by atoms with Gasteiger partial charge in [-0.1, -0.05) is 13.0 Å². The van der Waals surface area contributed by atoms with E-state index in [1.54, 1.807) is 21.3 Å². The second-order valence-electron chi connectivity index (χ2n) is 5.00. The topological polar surface area (TPSA) is 39.7 Å². The largest absolute Gasteiger partial charge is 0.493 e. The molecule has 0 radical (unpaired) electrons. The highest BCUT2D eigenvalue weighted by molar-refractivity contribution is 5.57. The maximum atomic E-state index is 5.59. The van der Waals surface area contributed by atoms with Crippen molar-refractivity contribution < 1.29 is 14.2 Å². The Morgan fingerprint density at radius 2 is 1.79 bits per heavy atom. The highest BCUT2D eigenvalue weighted by atomic mass is 16.5. The summed E-state index contributed by atoms with van der Waals surface area (Å²) in [5.74, 6) is 3.29. The van der Waals surface area contributed by atoms with Crippen LogP contribution in [0.1, 0.15) is 24.8 Å². The molecule has 1 aromatic rings. The van der Waals surface area contributed by atoms with Crippen LogP contribution in [-0.4, -0.2) is 34.4 Å². The summed E-state index contributed by atoms with van der Waals surface area (Å²) >= 11 is 0. The van der Waals surface area contributed by atoms with Crippen molar-refractivity contribution in [2.45, 2.75) is 19.3 Å². The van der Waals surface area contributed by atoms with Crippen LogP contribution in [0.25, 0.3) is 0 Å². The van der Waals surface area contributed by atoms with E-state index in [0.29, 0.717) is 23.3 Å². The van der Waals surface area contributed by atoms with Gasteiger partial charge in [0, 0.05) is 5.56 Å². The minimum absolute atomic E-state index is 0.496. The molecule has 1 N–H and O–H groups in total. The molecular formula is C15H23NO3. The van der Waals surface area contributed by atoms with E-state index in [0.717, 1.165) is 25.3 Å². The molecule has 2 rings (SSSR count). The summed E-state index contributed by atoms with van der Waals surface area (Å²) in [6.45, 7) is 4.36. The number of hydrogen-bond donors (Lipinski definition) is 1. The summed E-state index contributed by atoms with van der Waals surface area (Å²) < 4.78 is 16.4. The van der Waals surface area contributed by atoms with E-state index < -0.39 is 0 Å². The SMILES string of the molecule is COc1ccc(C2CCNCC2C)c(OC)c1OC. The van der Waals surface area contributed by atoms with Crippen molar-refractivity contribution in [1.29, 1.82) is 0 Å². The Hall–Kier alpha value is -1.42. The van der Waals surface area contributed by atoms with Crippen LogP contribution in [0, 0.1) is 5.92 Å². The Kier molecular flexibility index (Phi) is 4.53. The van der Waals surface area contributed by atoms with Crippen LogP contribution in [0.3, 0.4) is 0 Å². The lowest BCUT2D eigenvalue weighted by molar-refractivity contribution is 0.306. The monoisotopic (exact) mass is 265 g/mol. The van der Waals surface area contributed by atoms with Gasteiger partial charge in [-0.3, -0.25) is 0 Å². The number of ether oxygens (including phenoxy) is 3. The van der Waals surface area contributed by atoms with Crippen molar-refractivity contribution in [1.82, 2.24) is 5.32 Å². The molecule has 0 bridgehead atoms. The van der Waals surface area contributed by atoms with Crippen LogP contribution in [0.2, 0.25) is 0 Å². The zero-order valence-electron chi connectivity index (χ0n) is 12.2. The van der Waals surface area contributed by atoms with E-state index in [2.05, 4.69) is 18.3 Å². The first kappa shape index (κ1) is 14.0. The standard InChI is InChI=1S/C15H23NO3/c1-10-9-16-8-7-11(10)12-5-6-13(17-2)15(19-4)14(12)18-3/h5-6,10-11,16H,7-9H2,1-4H3. The maximum absolute atomic E-state index is 5.59. The van der Waals surface area contributed by atoms with Gasteiger partial charge in [0.15, 0.2) is 11.5 Å². The van der Waals surface area contributed by atoms with E-state index >= 15 is 0 Å². The average molecular weight is 265 g/mol. The Balaban J connectivity index is 2.44. The first-order chi connectivity index (χ1) is 9.22. The number of methoxy groups -OCH3 is 3. The second kappa shape index (κ2) is 6.15. The van der Waals surface area contributed by atoms with Crippen LogP contribution in [0.15, 0.2) is 12.1 Å². The molecular weight excluding hydrogens is 242 g/mol. The Bertz CT molecular complexity index is 434. The van der Waals surface area contributed by atoms with Crippen molar-refractivity contribution in [2.75, 3.05) is 34.4 Å². The van der Waals surface area contributed by atoms with Crippen molar-refractivity contribution in [3.63, 3.8) is 0 Å². The van der Waals surface area contributed by atoms with Crippen molar-refractivity contribution in [3.8, 4) is 17.2 Å². The fourth-order valence-electron chi connectivity index (χ4n) is 2.89. The molecule has 4 nitrogen and oxygen atoms in total. The lowest BCUT2D eigenvalue weighted by atomic mass is 9.81. The summed E-state index contributed by atoms with van der Waals surface area (Å²) in [6.07, 6.45) is 1.12. The Morgan fingerprint density at radius 3 is 2.37 bits per heavy atom. The van der Waals surface area contributed by atoms with Gasteiger partial charge in [0.25, 0.3) is 0 Å². The molecule has 4 heteroatoms. The zero-order valence-corrected chi connectivity index (χ0v) is 12.2. The van der Waals surface area contributed by atoms with Crippen LogP contribution >= 0.6 is 0 Å². The van der Waals surface area contributed by atoms with Gasteiger partial charge in [0.2, 0.25) is 5.75 Å². The molecule has 0 spiro atoms. The number of nitrogens with one attached hydrogen (secondary N) is 1. The predicted molar refractivity (Wildman–Crippen MR) is 75.5 cm³/mol. The van der Waals surface area contributed by atoms with Crippen molar-refractivity contribution >= 4 is 0 Å². The molecule has 0 saturated carbocycles. The highest BCUT2D eigenvalue weighted by Crippen LogP contribution is 2.45. The number of hydrogen-bond acceptors (Lipinski definition) is 4. The zero-order chi connectivity index (χ0) is 13.8. The van der Waals surface area contributed by atoms with Gasteiger partial charge >= 0.3 is 0 Å². The second-order valence-corrected chi connectivity index (χ2v) is 5.00. The third kappa shape index (κ3) is 2.63. The number of benzene rings is 1. The summed E-state index contributed by atoms with van der Waals surface area (Å²) in [5, 5.41) is 3.43. The fourth-order valence-corrected chi connectivity index (χ4v) is 2.89. The highest BCUT2D eigenvalue weighted by Gasteiger charge is 2.28. The first-order valence-electron chi connectivity index (χ1n) is 6.72. The minimum Gasteiger partial charge on any atom is -0.493 e. The molecule has 1 fully saturated rings. The molecule has 0 amide bonds. The molecule has 0 aromatic heterocycles. The molecule has 106 valence electrons. The molecule has 19 heavy (non-hydrogen) atoms. The van der Waals surface area contributed by atoms with E-state index in [4.69, 9.17) is 14.2 Å². The number of rotatable bonds is 4. The van der Waals surface area contributed by atoms with Crippen LogP contribution in [-0.2, 0) is 0 Å². The van der Waals surface area contributed by atoms with Gasteiger partial charge in [-0.2, -0.15) is 0 Å². The van der Waals surface area contributed by atoms with Gasteiger partial charge in [-0.25, -0.2) is 0 Å². The van der Waals surface area contributed by atoms with Gasteiger partial charge in [0.05, 0.1) is 21.3 Å². The van der Waals surface area contributed by atoms with E-state index in [1.807, 2.05) is 6.07 Å². The van der Waals surface area contributed by atoms with Gasteiger partial charge < -0.3 is 19.5 Å². The van der Waals surface area contributed by atoms with Gasteiger partial charge in [0.1, 0.15) is 0 Å². The summed E-state index contributed by atoms with van der Waals surface area (Å²) in [7, 11) is 4.98. The fraction of sp³-hybridized carbons (Fsp3) is 0.600. The van der Waals surface area contributed by atoms with Gasteiger partial charge in [-0.15, -0.1) is 0 Å².